The van der Waals surface area contributed by atoms with Gasteiger partial charge in [-0.3, -0.25) is 4.79 Å². The van der Waals surface area contributed by atoms with E-state index in [4.69, 9.17) is 11.6 Å². The van der Waals surface area contributed by atoms with Gasteiger partial charge in [0.15, 0.2) is 5.78 Å². The standard InChI is InChI=1S/C15H21ClN2O/c1-17-7-3-8-18(11-10-17)9-6-15(19)13-4-2-5-14(16)12-13/h2,4-5,12H,3,6-11H2,1H3. The molecule has 1 aromatic rings. The molecule has 3 nitrogen and oxygen atoms in total. The lowest BCUT2D eigenvalue weighted by molar-refractivity contribution is 0.0965. The minimum absolute atomic E-state index is 0.181. The minimum atomic E-state index is 0.181. The van der Waals surface area contributed by atoms with Gasteiger partial charge in [0, 0.05) is 36.6 Å². The molecule has 2 rings (SSSR count). The third kappa shape index (κ3) is 4.60. The fourth-order valence-electron chi connectivity index (χ4n) is 2.39. The Balaban J connectivity index is 1.83. The first-order valence-corrected chi connectivity index (χ1v) is 7.22. The van der Waals surface area contributed by atoms with Gasteiger partial charge in [-0.05, 0) is 38.7 Å². The molecule has 1 aliphatic rings. The Morgan fingerprint density at radius 1 is 1.26 bits per heavy atom. The number of nitrogens with zero attached hydrogens (tertiary/aromatic N) is 2. The largest absolute Gasteiger partial charge is 0.305 e. The molecule has 0 aromatic heterocycles. The molecular formula is C15H21ClN2O. The predicted octanol–water partition coefficient (Wildman–Crippen LogP) is 2.55. The number of Topliss-reactive ketones (excluding diaryl/α,β-unsaturated/α-hetero) is 1. The Hall–Kier alpha value is -0.900. The second-order valence-corrected chi connectivity index (χ2v) is 5.62. The Morgan fingerprint density at radius 2 is 2.11 bits per heavy atom. The molecule has 19 heavy (non-hydrogen) atoms. The minimum Gasteiger partial charge on any atom is -0.305 e. The molecule has 1 saturated heterocycles. The van der Waals surface area contributed by atoms with E-state index in [9.17, 15) is 4.79 Å². The van der Waals surface area contributed by atoms with Crippen molar-refractivity contribution in [3.63, 3.8) is 0 Å². The fourth-order valence-corrected chi connectivity index (χ4v) is 2.58. The predicted molar refractivity (Wildman–Crippen MR) is 79.0 cm³/mol. The van der Waals surface area contributed by atoms with Crippen LogP contribution in [0.5, 0.6) is 0 Å². The lowest BCUT2D eigenvalue weighted by Crippen LogP contribution is -2.30. The van der Waals surface area contributed by atoms with E-state index >= 15 is 0 Å². The molecule has 4 heteroatoms. The molecule has 0 N–H and O–H groups in total. The molecule has 0 radical (unpaired) electrons. The summed E-state index contributed by atoms with van der Waals surface area (Å²) in [5.74, 6) is 0.181. The highest BCUT2D eigenvalue weighted by atomic mass is 35.5. The Kier molecular flexibility index (Phi) is 5.37. The molecule has 1 fully saturated rings. The van der Waals surface area contributed by atoms with Crippen molar-refractivity contribution < 1.29 is 4.79 Å². The van der Waals surface area contributed by atoms with Gasteiger partial charge in [0.05, 0.1) is 0 Å². The van der Waals surface area contributed by atoms with E-state index in [0.717, 1.165) is 38.3 Å². The van der Waals surface area contributed by atoms with Crippen LogP contribution in [0.2, 0.25) is 5.02 Å². The lowest BCUT2D eigenvalue weighted by atomic mass is 10.1. The maximum atomic E-state index is 12.1. The molecule has 0 unspecified atom stereocenters. The van der Waals surface area contributed by atoms with Crippen LogP contribution in [-0.2, 0) is 0 Å². The number of halogens is 1. The SMILES string of the molecule is CN1CCCN(CCC(=O)c2cccc(Cl)c2)CC1. The van der Waals surface area contributed by atoms with Crippen LogP contribution in [0.3, 0.4) is 0 Å². The second kappa shape index (κ2) is 7.04. The number of likely N-dealkylation sites (N-methyl/N-ethyl adjacent to an activating group) is 1. The third-order valence-electron chi connectivity index (χ3n) is 3.61. The van der Waals surface area contributed by atoms with E-state index in [2.05, 4.69) is 16.8 Å². The molecular weight excluding hydrogens is 260 g/mol. The Labute approximate surface area is 120 Å². The van der Waals surface area contributed by atoms with Gasteiger partial charge < -0.3 is 9.80 Å². The molecule has 1 heterocycles. The Morgan fingerprint density at radius 3 is 2.89 bits per heavy atom. The van der Waals surface area contributed by atoms with Gasteiger partial charge in [0.2, 0.25) is 0 Å². The van der Waals surface area contributed by atoms with Crippen molar-refractivity contribution in [3.05, 3.63) is 34.9 Å². The van der Waals surface area contributed by atoms with Crippen LogP contribution in [0.15, 0.2) is 24.3 Å². The van der Waals surface area contributed by atoms with E-state index in [-0.39, 0.29) is 5.78 Å². The van der Waals surface area contributed by atoms with Crippen molar-refractivity contribution in [2.45, 2.75) is 12.8 Å². The number of carbonyl (C=O) groups is 1. The fraction of sp³-hybridized carbons (Fsp3) is 0.533. The normalized spacial score (nSPS) is 18.2. The number of ketones is 1. The average molecular weight is 281 g/mol. The molecule has 0 atom stereocenters. The highest BCUT2D eigenvalue weighted by Gasteiger charge is 2.14. The third-order valence-corrected chi connectivity index (χ3v) is 3.85. The molecule has 0 spiro atoms. The maximum Gasteiger partial charge on any atom is 0.164 e. The van der Waals surface area contributed by atoms with Crippen molar-refractivity contribution in [1.29, 1.82) is 0 Å². The quantitative estimate of drug-likeness (QED) is 0.792. The van der Waals surface area contributed by atoms with Crippen molar-refractivity contribution in [3.8, 4) is 0 Å². The van der Waals surface area contributed by atoms with E-state index in [1.165, 1.54) is 6.42 Å². The van der Waals surface area contributed by atoms with Gasteiger partial charge in [0.1, 0.15) is 0 Å². The summed E-state index contributed by atoms with van der Waals surface area (Å²) in [5, 5.41) is 0.627. The van der Waals surface area contributed by atoms with E-state index < -0.39 is 0 Å². The van der Waals surface area contributed by atoms with Crippen LogP contribution in [0, 0.1) is 0 Å². The molecule has 104 valence electrons. The van der Waals surface area contributed by atoms with Gasteiger partial charge in [-0.2, -0.15) is 0 Å². The summed E-state index contributed by atoms with van der Waals surface area (Å²) in [7, 11) is 2.15. The molecule has 0 saturated carbocycles. The zero-order valence-corrected chi connectivity index (χ0v) is 12.2. The van der Waals surface area contributed by atoms with Crippen LogP contribution < -0.4 is 0 Å². The van der Waals surface area contributed by atoms with Crippen molar-refractivity contribution in [2.75, 3.05) is 39.8 Å². The summed E-state index contributed by atoms with van der Waals surface area (Å²) in [4.78, 5) is 16.8. The topological polar surface area (TPSA) is 23.6 Å². The van der Waals surface area contributed by atoms with Crippen LogP contribution >= 0.6 is 11.6 Å². The summed E-state index contributed by atoms with van der Waals surface area (Å²) in [6.07, 6.45) is 1.76. The van der Waals surface area contributed by atoms with Crippen LogP contribution in [0.25, 0.3) is 0 Å². The maximum absolute atomic E-state index is 12.1. The molecule has 1 aromatic carbocycles. The van der Waals surface area contributed by atoms with Gasteiger partial charge in [0.25, 0.3) is 0 Å². The first-order valence-electron chi connectivity index (χ1n) is 6.85. The summed E-state index contributed by atoms with van der Waals surface area (Å²) < 4.78 is 0. The van der Waals surface area contributed by atoms with Crippen LogP contribution in [0.4, 0.5) is 0 Å². The number of rotatable bonds is 4. The smallest absolute Gasteiger partial charge is 0.164 e. The summed E-state index contributed by atoms with van der Waals surface area (Å²) in [6, 6.07) is 7.21. The van der Waals surface area contributed by atoms with Crippen LogP contribution in [-0.4, -0.2) is 55.4 Å². The first kappa shape index (κ1) is 14.5. The first-order chi connectivity index (χ1) is 9.15. The summed E-state index contributed by atoms with van der Waals surface area (Å²) >= 11 is 5.91. The Bertz CT molecular complexity index is 436. The zero-order chi connectivity index (χ0) is 13.7. The van der Waals surface area contributed by atoms with Gasteiger partial charge in [-0.25, -0.2) is 0 Å². The highest BCUT2D eigenvalue weighted by molar-refractivity contribution is 6.31. The van der Waals surface area contributed by atoms with Gasteiger partial charge in [-0.1, -0.05) is 23.7 Å². The monoisotopic (exact) mass is 280 g/mol. The number of carbonyl (C=O) groups excluding carboxylic acids is 1. The number of hydrogen-bond acceptors (Lipinski definition) is 3. The van der Waals surface area contributed by atoms with Crippen molar-refractivity contribution >= 4 is 17.4 Å². The molecule has 1 aliphatic heterocycles. The molecule has 0 amide bonds. The summed E-state index contributed by atoms with van der Waals surface area (Å²) in [6.45, 7) is 5.23. The lowest BCUT2D eigenvalue weighted by Gasteiger charge is -2.19. The van der Waals surface area contributed by atoms with E-state index in [1.807, 2.05) is 12.1 Å². The molecule has 0 bridgehead atoms. The second-order valence-electron chi connectivity index (χ2n) is 5.18. The van der Waals surface area contributed by atoms with Crippen molar-refractivity contribution in [2.24, 2.45) is 0 Å². The number of benzene rings is 1. The van der Waals surface area contributed by atoms with Gasteiger partial charge >= 0.3 is 0 Å². The number of hydrogen-bond donors (Lipinski definition) is 0. The van der Waals surface area contributed by atoms with E-state index in [0.29, 0.717) is 11.4 Å². The van der Waals surface area contributed by atoms with Crippen molar-refractivity contribution in [1.82, 2.24) is 9.80 Å². The van der Waals surface area contributed by atoms with Gasteiger partial charge in [-0.15, -0.1) is 0 Å². The average Bonchev–Trinajstić information content (AvgIpc) is 2.61. The highest BCUT2D eigenvalue weighted by Crippen LogP contribution is 2.13. The molecule has 0 aliphatic carbocycles. The van der Waals surface area contributed by atoms with E-state index in [1.54, 1.807) is 12.1 Å². The van der Waals surface area contributed by atoms with Crippen LogP contribution in [0.1, 0.15) is 23.2 Å². The zero-order valence-electron chi connectivity index (χ0n) is 11.4. The summed E-state index contributed by atoms with van der Waals surface area (Å²) in [5.41, 5.74) is 0.722.